The molecule has 2 aromatic carbocycles. The smallest absolute Gasteiger partial charge is 0.274 e. The minimum absolute atomic E-state index is 0.290. The summed E-state index contributed by atoms with van der Waals surface area (Å²) in [7, 11) is 1.60. The maximum atomic E-state index is 12.3. The number of rotatable bonds is 3. The summed E-state index contributed by atoms with van der Waals surface area (Å²) in [5, 5.41) is 4.28. The van der Waals surface area contributed by atoms with E-state index in [1.165, 1.54) is 0 Å². The number of pyridine rings is 1. The summed E-state index contributed by atoms with van der Waals surface area (Å²) in [5.74, 6) is 0.383. The van der Waals surface area contributed by atoms with E-state index in [4.69, 9.17) is 27.9 Å². The van der Waals surface area contributed by atoms with Crippen LogP contribution in [-0.4, -0.2) is 18.0 Å². The fourth-order valence-corrected chi connectivity index (χ4v) is 2.49. The van der Waals surface area contributed by atoms with Gasteiger partial charge < -0.3 is 10.1 Å². The molecule has 1 heterocycles. The first kappa shape index (κ1) is 15.6. The molecule has 0 aliphatic carbocycles. The van der Waals surface area contributed by atoms with Crippen molar-refractivity contribution in [3.05, 3.63) is 64.3 Å². The number of hydrogen-bond acceptors (Lipinski definition) is 3. The third kappa shape index (κ3) is 3.23. The van der Waals surface area contributed by atoms with E-state index in [9.17, 15) is 4.79 Å². The molecule has 0 fully saturated rings. The van der Waals surface area contributed by atoms with Crippen LogP contribution in [0.15, 0.2) is 48.5 Å². The van der Waals surface area contributed by atoms with Crippen LogP contribution < -0.4 is 10.1 Å². The molecule has 0 aliphatic rings. The van der Waals surface area contributed by atoms with Gasteiger partial charge in [0.05, 0.1) is 28.4 Å². The molecule has 1 N–H and O–H groups in total. The van der Waals surface area contributed by atoms with E-state index in [0.717, 1.165) is 11.1 Å². The predicted molar refractivity (Wildman–Crippen MR) is 92.7 cm³/mol. The van der Waals surface area contributed by atoms with Gasteiger partial charge in [0.2, 0.25) is 0 Å². The SMILES string of the molecule is COc1ccc2nc(C(=O)Nc3cccc(Cl)c3Cl)ccc2c1. The molecule has 0 atom stereocenters. The summed E-state index contributed by atoms with van der Waals surface area (Å²) in [6.45, 7) is 0. The van der Waals surface area contributed by atoms with Gasteiger partial charge in [-0.15, -0.1) is 0 Å². The molecule has 0 saturated heterocycles. The van der Waals surface area contributed by atoms with E-state index in [-0.39, 0.29) is 5.91 Å². The maximum absolute atomic E-state index is 12.3. The molecule has 1 amide bonds. The fraction of sp³-hybridized carbons (Fsp3) is 0.0588. The average molecular weight is 347 g/mol. The Labute approximate surface area is 143 Å². The largest absolute Gasteiger partial charge is 0.497 e. The number of carbonyl (C=O) groups is 1. The van der Waals surface area contributed by atoms with Gasteiger partial charge in [0.25, 0.3) is 5.91 Å². The third-order valence-electron chi connectivity index (χ3n) is 3.33. The molecule has 0 spiro atoms. The van der Waals surface area contributed by atoms with Crippen LogP contribution >= 0.6 is 23.2 Å². The number of hydrogen-bond donors (Lipinski definition) is 1. The lowest BCUT2D eigenvalue weighted by Crippen LogP contribution is -2.14. The first-order valence-electron chi connectivity index (χ1n) is 6.78. The van der Waals surface area contributed by atoms with Crippen LogP contribution in [0.2, 0.25) is 10.0 Å². The van der Waals surface area contributed by atoms with Gasteiger partial charge in [0.15, 0.2) is 0 Å². The topological polar surface area (TPSA) is 51.2 Å². The summed E-state index contributed by atoms with van der Waals surface area (Å²) in [5.41, 5.74) is 1.44. The Morgan fingerprint density at radius 2 is 1.96 bits per heavy atom. The van der Waals surface area contributed by atoms with Gasteiger partial charge in [0, 0.05) is 5.39 Å². The summed E-state index contributed by atoms with van der Waals surface area (Å²) < 4.78 is 5.17. The Balaban J connectivity index is 1.90. The van der Waals surface area contributed by atoms with E-state index in [1.54, 1.807) is 43.5 Å². The van der Waals surface area contributed by atoms with Gasteiger partial charge in [-0.3, -0.25) is 4.79 Å². The van der Waals surface area contributed by atoms with Crippen molar-refractivity contribution in [2.75, 3.05) is 12.4 Å². The highest BCUT2D eigenvalue weighted by atomic mass is 35.5. The summed E-state index contributed by atoms with van der Waals surface area (Å²) in [6, 6.07) is 14.0. The lowest BCUT2D eigenvalue weighted by molar-refractivity contribution is 0.102. The van der Waals surface area contributed by atoms with Crippen molar-refractivity contribution in [3.63, 3.8) is 0 Å². The van der Waals surface area contributed by atoms with E-state index >= 15 is 0 Å². The molecule has 0 radical (unpaired) electrons. The third-order valence-corrected chi connectivity index (χ3v) is 4.15. The highest BCUT2D eigenvalue weighted by molar-refractivity contribution is 6.44. The first-order chi connectivity index (χ1) is 11.1. The number of amides is 1. The van der Waals surface area contributed by atoms with Gasteiger partial charge >= 0.3 is 0 Å². The van der Waals surface area contributed by atoms with Crippen LogP contribution in [0, 0.1) is 0 Å². The number of fused-ring (bicyclic) bond motifs is 1. The van der Waals surface area contributed by atoms with Crippen molar-refractivity contribution >= 4 is 45.7 Å². The zero-order valence-corrected chi connectivity index (χ0v) is 13.7. The van der Waals surface area contributed by atoms with Crippen LogP contribution in [-0.2, 0) is 0 Å². The molecule has 3 aromatic rings. The number of benzene rings is 2. The van der Waals surface area contributed by atoms with E-state index in [0.29, 0.717) is 26.9 Å². The lowest BCUT2D eigenvalue weighted by Gasteiger charge is -2.08. The predicted octanol–water partition coefficient (Wildman–Crippen LogP) is 4.80. The Morgan fingerprint density at radius 3 is 2.74 bits per heavy atom. The highest BCUT2D eigenvalue weighted by Crippen LogP contribution is 2.29. The molecule has 1 aromatic heterocycles. The molecule has 4 nitrogen and oxygen atoms in total. The standard InChI is InChI=1S/C17H12Cl2N2O2/c1-23-11-6-8-13-10(9-11)5-7-15(20-13)17(22)21-14-4-2-3-12(18)16(14)19/h2-9H,1H3,(H,21,22). The Hall–Kier alpha value is -2.30. The molecule has 23 heavy (non-hydrogen) atoms. The number of nitrogens with zero attached hydrogens (tertiary/aromatic N) is 1. The van der Waals surface area contributed by atoms with Gasteiger partial charge in [-0.05, 0) is 36.4 Å². The summed E-state index contributed by atoms with van der Waals surface area (Å²) in [6.07, 6.45) is 0. The molecule has 3 rings (SSSR count). The molecule has 0 unspecified atom stereocenters. The number of anilines is 1. The Bertz CT molecular complexity index is 897. The molecule has 0 aliphatic heterocycles. The van der Waals surface area contributed by atoms with Crippen LogP contribution in [0.5, 0.6) is 5.75 Å². The highest BCUT2D eigenvalue weighted by Gasteiger charge is 2.12. The second-order valence-corrected chi connectivity index (χ2v) is 5.60. The monoisotopic (exact) mass is 346 g/mol. The van der Waals surface area contributed by atoms with Gasteiger partial charge in [-0.25, -0.2) is 4.98 Å². The van der Waals surface area contributed by atoms with Crippen molar-refractivity contribution < 1.29 is 9.53 Å². The molecule has 0 saturated carbocycles. The summed E-state index contributed by atoms with van der Waals surface area (Å²) >= 11 is 12.0. The van der Waals surface area contributed by atoms with Crippen molar-refractivity contribution in [2.24, 2.45) is 0 Å². The van der Waals surface area contributed by atoms with Crippen LogP contribution in [0.3, 0.4) is 0 Å². The second kappa shape index (κ2) is 6.44. The van der Waals surface area contributed by atoms with Crippen LogP contribution in [0.4, 0.5) is 5.69 Å². The van der Waals surface area contributed by atoms with Gasteiger partial charge in [0.1, 0.15) is 11.4 Å². The minimum Gasteiger partial charge on any atom is -0.497 e. The number of halogens is 2. The molecule has 0 bridgehead atoms. The Kier molecular flexibility index (Phi) is 4.37. The van der Waals surface area contributed by atoms with E-state index in [1.807, 2.05) is 12.1 Å². The normalized spacial score (nSPS) is 10.6. The average Bonchev–Trinajstić information content (AvgIpc) is 2.58. The number of nitrogens with one attached hydrogen (secondary N) is 1. The molecular formula is C17H12Cl2N2O2. The molecule has 6 heteroatoms. The van der Waals surface area contributed by atoms with Gasteiger partial charge in [-0.2, -0.15) is 0 Å². The summed E-state index contributed by atoms with van der Waals surface area (Å²) in [4.78, 5) is 16.7. The van der Waals surface area contributed by atoms with E-state index in [2.05, 4.69) is 10.3 Å². The zero-order valence-electron chi connectivity index (χ0n) is 12.1. The Morgan fingerprint density at radius 1 is 1.13 bits per heavy atom. The van der Waals surface area contributed by atoms with Gasteiger partial charge in [-0.1, -0.05) is 35.3 Å². The first-order valence-corrected chi connectivity index (χ1v) is 7.54. The van der Waals surface area contributed by atoms with Crippen molar-refractivity contribution in [1.82, 2.24) is 4.98 Å². The van der Waals surface area contributed by atoms with Crippen molar-refractivity contribution in [2.45, 2.75) is 0 Å². The number of methoxy groups -OCH3 is 1. The number of carbonyl (C=O) groups excluding carboxylic acids is 1. The maximum Gasteiger partial charge on any atom is 0.274 e. The van der Waals surface area contributed by atoms with E-state index < -0.39 is 0 Å². The van der Waals surface area contributed by atoms with Crippen molar-refractivity contribution in [1.29, 1.82) is 0 Å². The fourth-order valence-electron chi connectivity index (χ4n) is 2.14. The second-order valence-electron chi connectivity index (χ2n) is 4.81. The molecule has 116 valence electrons. The minimum atomic E-state index is -0.355. The zero-order chi connectivity index (χ0) is 16.4. The van der Waals surface area contributed by atoms with Crippen LogP contribution in [0.25, 0.3) is 10.9 Å². The lowest BCUT2D eigenvalue weighted by atomic mass is 10.2. The quantitative estimate of drug-likeness (QED) is 0.740. The van der Waals surface area contributed by atoms with Crippen LogP contribution in [0.1, 0.15) is 10.5 Å². The molecular weight excluding hydrogens is 335 g/mol. The van der Waals surface area contributed by atoms with Crippen molar-refractivity contribution in [3.8, 4) is 5.75 Å². The number of ether oxygens (including phenoxy) is 1. The number of aromatic nitrogens is 1.